The zero-order valence-corrected chi connectivity index (χ0v) is 21.1. The van der Waals surface area contributed by atoms with Crippen LogP contribution in [0.25, 0.3) is 10.9 Å². The van der Waals surface area contributed by atoms with Crippen molar-refractivity contribution in [2.75, 3.05) is 32.8 Å². The molecule has 0 bridgehead atoms. The second-order valence-electron chi connectivity index (χ2n) is 8.62. The normalized spacial score (nSPS) is 16.4. The van der Waals surface area contributed by atoms with Crippen LogP contribution >= 0.6 is 35.6 Å². The smallest absolute Gasteiger partial charge is 0.252 e. The van der Waals surface area contributed by atoms with Crippen LogP contribution in [0.3, 0.4) is 0 Å². The first-order chi connectivity index (χ1) is 16.1. The van der Waals surface area contributed by atoms with Gasteiger partial charge in [0.05, 0.1) is 10.5 Å². The molecule has 0 aliphatic carbocycles. The summed E-state index contributed by atoms with van der Waals surface area (Å²) in [5, 5.41) is 5.59. The number of pyridine rings is 1. The summed E-state index contributed by atoms with van der Waals surface area (Å²) in [4.78, 5) is 15.0. The van der Waals surface area contributed by atoms with Crippen molar-refractivity contribution >= 4 is 46.5 Å². The lowest BCUT2D eigenvalue weighted by molar-refractivity contribution is 0.171. The largest absolute Gasteiger partial charge is 0.486 e. The summed E-state index contributed by atoms with van der Waals surface area (Å²) in [6.07, 6.45) is 2.15. The summed E-state index contributed by atoms with van der Waals surface area (Å²) in [5.41, 5.74) is 1.90. The first-order valence-electron chi connectivity index (χ1n) is 11.4. The van der Waals surface area contributed by atoms with E-state index in [9.17, 15) is 4.79 Å². The van der Waals surface area contributed by atoms with Crippen LogP contribution in [0.5, 0.6) is 11.5 Å². The molecule has 34 heavy (non-hydrogen) atoms. The number of nitrogens with zero attached hydrogens (tertiary/aromatic N) is 2. The van der Waals surface area contributed by atoms with E-state index >= 15 is 0 Å². The van der Waals surface area contributed by atoms with Gasteiger partial charge in [0.1, 0.15) is 13.2 Å². The summed E-state index contributed by atoms with van der Waals surface area (Å²) in [7, 11) is 0. The van der Waals surface area contributed by atoms with E-state index in [1.165, 1.54) is 11.6 Å². The highest BCUT2D eigenvalue weighted by molar-refractivity contribution is 6.36. The van der Waals surface area contributed by atoms with Gasteiger partial charge in [-0.05, 0) is 61.8 Å². The molecule has 2 aromatic carbocycles. The highest BCUT2D eigenvalue weighted by Gasteiger charge is 2.20. The van der Waals surface area contributed by atoms with E-state index in [0.29, 0.717) is 35.8 Å². The molecule has 6 nitrogen and oxygen atoms in total. The Morgan fingerprint density at radius 2 is 1.71 bits per heavy atom. The molecule has 2 aliphatic rings. The van der Waals surface area contributed by atoms with Crippen molar-refractivity contribution in [3.8, 4) is 11.5 Å². The van der Waals surface area contributed by atoms with Crippen LogP contribution < -0.4 is 20.3 Å². The maximum atomic E-state index is 12.6. The third kappa shape index (κ3) is 5.64. The van der Waals surface area contributed by atoms with Crippen LogP contribution in [-0.2, 0) is 13.1 Å². The third-order valence-corrected chi connectivity index (χ3v) is 7.00. The van der Waals surface area contributed by atoms with Crippen molar-refractivity contribution in [2.45, 2.75) is 32.0 Å². The fourth-order valence-corrected chi connectivity index (χ4v) is 5.03. The fraction of sp³-hybridized carbons (Fsp3) is 0.400. The maximum Gasteiger partial charge on any atom is 0.252 e. The van der Waals surface area contributed by atoms with Gasteiger partial charge in [0.15, 0.2) is 11.5 Å². The van der Waals surface area contributed by atoms with Gasteiger partial charge in [0.25, 0.3) is 5.56 Å². The van der Waals surface area contributed by atoms with Crippen LogP contribution in [0.2, 0.25) is 10.0 Å². The van der Waals surface area contributed by atoms with E-state index in [1.807, 2.05) is 18.2 Å². The Kier molecular flexibility index (Phi) is 8.27. The fourth-order valence-electron chi connectivity index (χ4n) is 4.61. The minimum atomic E-state index is -0.0919. The number of hydrogen-bond acceptors (Lipinski definition) is 5. The van der Waals surface area contributed by atoms with E-state index in [4.69, 9.17) is 32.7 Å². The zero-order chi connectivity index (χ0) is 22.8. The molecular formula is C25H28Cl3N3O3. The molecule has 0 spiro atoms. The molecule has 182 valence electrons. The number of ether oxygens (including phenoxy) is 2. The Labute approximate surface area is 215 Å². The molecule has 0 radical (unpaired) electrons. The van der Waals surface area contributed by atoms with Crippen LogP contribution in [0, 0.1) is 0 Å². The maximum absolute atomic E-state index is 12.6. The van der Waals surface area contributed by atoms with Crippen LogP contribution in [0.4, 0.5) is 0 Å². The second kappa shape index (κ2) is 11.2. The molecule has 0 unspecified atom stereocenters. The Balaban J connectivity index is 0.00000274. The van der Waals surface area contributed by atoms with Gasteiger partial charge in [-0.3, -0.25) is 4.79 Å². The summed E-state index contributed by atoms with van der Waals surface area (Å²) in [6, 6.07) is 13.6. The molecule has 0 atom stereocenters. The predicted molar refractivity (Wildman–Crippen MR) is 139 cm³/mol. The van der Waals surface area contributed by atoms with Crippen LogP contribution in [-0.4, -0.2) is 48.4 Å². The summed E-state index contributed by atoms with van der Waals surface area (Å²) < 4.78 is 13.1. The van der Waals surface area contributed by atoms with Crippen molar-refractivity contribution in [1.82, 2.24) is 14.8 Å². The van der Waals surface area contributed by atoms with Crippen molar-refractivity contribution < 1.29 is 9.47 Å². The van der Waals surface area contributed by atoms with Crippen LogP contribution in [0.15, 0.2) is 47.3 Å². The quantitative estimate of drug-likeness (QED) is 0.504. The minimum Gasteiger partial charge on any atom is -0.486 e. The summed E-state index contributed by atoms with van der Waals surface area (Å²) >= 11 is 12.5. The number of fused-ring (bicyclic) bond motifs is 2. The van der Waals surface area contributed by atoms with Crippen molar-refractivity contribution in [2.24, 2.45) is 0 Å². The average molecular weight is 525 g/mol. The zero-order valence-electron chi connectivity index (χ0n) is 18.8. The minimum absolute atomic E-state index is 0. The van der Waals surface area contributed by atoms with E-state index in [0.717, 1.165) is 61.4 Å². The topological polar surface area (TPSA) is 55.7 Å². The highest BCUT2D eigenvalue weighted by atomic mass is 35.5. The second-order valence-corrected chi connectivity index (χ2v) is 9.46. The Hall–Kier alpha value is -1.96. The molecule has 1 saturated heterocycles. The lowest BCUT2D eigenvalue weighted by Gasteiger charge is -2.32. The summed E-state index contributed by atoms with van der Waals surface area (Å²) in [6.45, 7) is 5.46. The van der Waals surface area contributed by atoms with Gasteiger partial charge in [-0.2, -0.15) is 0 Å². The van der Waals surface area contributed by atoms with Gasteiger partial charge >= 0.3 is 0 Å². The number of rotatable bonds is 6. The molecule has 3 aromatic rings. The predicted octanol–water partition coefficient (Wildman–Crippen LogP) is 4.76. The van der Waals surface area contributed by atoms with Crippen molar-refractivity contribution in [1.29, 1.82) is 0 Å². The Morgan fingerprint density at radius 1 is 0.941 bits per heavy atom. The highest BCUT2D eigenvalue weighted by Crippen LogP contribution is 2.31. The van der Waals surface area contributed by atoms with Crippen LogP contribution in [0.1, 0.15) is 18.4 Å². The van der Waals surface area contributed by atoms with Gasteiger partial charge < -0.3 is 24.3 Å². The first-order valence-corrected chi connectivity index (χ1v) is 12.2. The van der Waals surface area contributed by atoms with Gasteiger partial charge in [0, 0.05) is 42.2 Å². The van der Waals surface area contributed by atoms with Crippen molar-refractivity contribution in [3.05, 3.63) is 68.4 Å². The van der Waals surface area contributed by atoms with Gasteiger partial charge in [-0.15, -0.1) is 12.4 Å². The number of benzene rings is 2. The molecule has 1 aromatic heterocycles. The first kappa shape index (κ1) is 25.1. The average Bonchev–Trinajstić information content (AvgIpc) is 2.83. The Morgan fingerprint density at radius 3 is 2.50 bits per heavy atom. The van der Waals surface area contributed by atoms with Gasteiger partial charge in [-0.25, -0.2) is 0 Å². The summed E-state index contributed by atoms with van der Waals surface area (Å²) in [5.74, 6) is 1.66. The number of nitrogens with one attached hydrogen (secondary N) is 1. The van der Waals surface area contributed by atoms with Gasteiger partial charge in [-0.1, -0.05) is 29.3 Å². The number of halogens is 3. The lowest BCUT2D eigenvalue weighted by Crippen LogP contribution is -2.43. The van der Waals surface area contributed by atoms with Crippen molar-refractivity contribution in [3.63, 3.8) is 0 Å². The molecule has 3 heterocycles. The molecule has 9 heteroatoms. The number of piperidine rings is 1. The molecule has 2 aliphatic heterocycles. The number of aromatic nitrogens is 1. The monoisotopic (exact) mass is 523 g/mol. The molecule has 1 N–H and O–H groups in total. The lowest BCUT2D eigenvalue weighted by atomic mass is 10.0. The third-order valence-electron chi connectivity index (χ3n) is 6.45. The van der Waals surface area contributed by atoms with E-state index in [-0.39, 0.29) is 18.0 Å². The molecule has 1 fully saturated rings. The van der Waals surface area contributed by atoms with E-state index in [2.05, 4.69) is 22.3 Å². The molecule has 5 rings (SSSR count). The Bertz CT molecular complexity index is 1210. The van der Waals surface area contributed by atoms with E-state index in [1.54, 1.807) is 10.6 Å². The molecule has 0 amide bonds. The molecular weight excluding hydrogens is 497 g/mol. The van der Waals surface area contributed by atoms with E-state index < -0.39 is 0 Å². The number of hydrogen-bond donors (Lipinski definition) is 1. The van der Waals surface area contributed by atoms with Gasteiger partial charge in [0.2, 0.25) is 0 Å². The SMILES string of the molecule is Cl.O=c1cc(Cl)c2ccc(Cl)cc2n1CCN1CCC(NCc2ccc3c(c2)OCCO3)CC1. The molecule has 0 saturated carbocycles. The standard InChI is InChI=1S/C25H27Cl2N3O3.ClH/c26-18-2-3-20-21(27)15-25(31)30(22(20)14-18)10-9-29-7-5-19(6-8-29)28-16-17-1-4-23-24(13-17)33-12-11-32-23;/h1-4,13-15,19,28H,5-12,16H2;1H. The number of likely N-dealkylation sites (tertiary alicyclic amines) is 1.